The van der Waals surface area contributed by atoms with E-state index in [0.717, 1.165) is 0 Å². The molecule has 0 unspecified atom stereocenters. The maximum Gasteiger partial charge on any atom is 0.281 e. The van der Waals surface area contributed by atoms with E-state index >= 15 is 0 Å². The van der Waals surface area contributed by atoms with E-state index in [1.807, 2.05) is 0 Å². The fraction of sp³-hybridized carbons (Fsp3) is 0.533. The molecule has 1 aliphatic heterocycles. The molecule has 0 spiro atoms. The summed E-state index contributed by atoms with van der Waals surface area (Å²) >= 11 is 0. The van der Waals surface area contributed by atoms with E-state index in [-0.39, 0.29) is 31.2 Å². The lowest BCUT2D eigenvalue weighted by Gasteiger charge is -2.35. The Balaban J connectivity index is 1.86. The summed E-state index contributed by atoms with van der Waals surface area (Å²) in [5.74, 6) is -0.377. The molecule has 1 aliphatic rings. The first-order chi connectivity index (χ1) is 10.8. The highest BCUT2D eigenvalue weighted by Crippen LogP contribution is 2.13. The van der Waals surface area contributed by atoms with Crippen LogP contribution in [0.5, 0.6) is 0 Å². The van der Waals surface area contributed by atoms with Gasteiger partial charge in [-0.2, -0.15) is 17.0 Å². The van der Waals surface area contributed by atoms with Gasteiger partial charge >= 0.3 is 0 Å². The Labute approximate surface area is 136 Å². The number of carbonyl (C=O) groups excluding carboxylic acids is 1. The number of amides is 1. The van der Waals surface area contributed by atoms with Crippen LogP contribution in [-0.2, 0) is 21.4 Å². The highest BCUT2D eigenvalue weighted by Gasteiger charge is 2.29. The number of halogens is 1. The zero-order valence-electron chi connectivity index (χ0n) is 13.4. The van der Waals surface area contributed by atoms with Gasteiger partial charge < -0.3 is 4.90 Å². The quantitative estimate of drug-likeness (QED) is 0.791. The fourth-order valence-corrected chi connectivity index (χ4v) is 3.59. The Morgan fingerprint density at radius 2 is 1.78 bits per heavy atom. The van der Waals surface area contributed by atoms with E-state index in [0.29, 0.717) is 25.1 Å². The third-order valence-corrected chi connectivity index (χ3v) is 5.89. The van der Waals surface area contributed by atoms with Gasteiger partial charge in [-0.15, -0.1) is 0 Å². The number of hydrogen-bond donors (Lipinski definition) is 0. The van der Waals surface area contributed by atoms with Crippen LogP contribution in [0.25, 0.3) is 0 Å². The van der Waals surface area contributed by atoms with E-state index in [4.69, 9.17) is 0 Å². The van der Waals surface area contributed by atoms with Gasteiger partial charge in [0.2, 0.25) is 5.91 Å². The van der Waals surface area contributed by atoms with Crippen molar-refractivity contribution >= 4 is 16.1 Å². The highest BCUT2D eigenvalue weighted by molar-refractivity contribution is 7.86. The van der Waals surface area contributed by atoms with Crippen LogP contribution in [0.15, 0.2) is 24.3 Å². The summed E-state index contributed by atoms with van der Waals surface area (Å²) in [5, 5.41) is 0. The molecule has 0 aliphatic carbocycles. The molecule has 128 valence electrons. The molecule has 0 N–H and O–H groups in total. The average Bonchev–Trinajstić information content (AvgIpc) is 2.53. The van der Waals surface area contributed by atoms with Gasteiger partial charge in [0.15, 0.2) is 0 Å². The number of carbonyl (C=O) groups is 1. The summed E-state index contributed by atoms with van der Waals surface area (Å²) in [6, 6.07) is 6.41. The maximum atomic E-state index is 13.5. The molecule has 23 heavy (non-hydrogen) atoms. The summed E-state index contributed by atoms with van der Waals surface area (Å²) in [5.41, 5.74) is 0.523. The van der Waals surface area contributed by atoms with E-state index in [9.17, 15) is 17.6 Å². The summed E-state index contributed by atoms with van der Waals surface area (Å²) < 4.78 is 40.1. The first kappa shape index (κ1) is 17.8. The number of hydrogen-bond acceptors (Lipinski definition) is 3. The van der Waals surface area contributed by atoms with Crippen molar-refractivity contribution in [2.45, 2.75) is 12.8 Å². The largest absolute Gasteiger partial charge is 0.340 e. The second-order valence-electron chi connectivity index (χ2n) is 5.66. The predicted octanol–water partition coefficient (Wildman–Crippen LogP) is 0.709. The SMILES string of the molecule is CN(C)S(=O)(=O)N1CCN(C(=O)CCc2ccccc2F)CC1. The molecule has 6 nitrogen and oxygen atoms in total. The smallest absolute Gasteiger partial charge is 0.281 e. The molecule has 1 fully saturated rings. The molecular formula is C15H22FN3O3S. The van der Waals surface area contributed by atoms with Crippen molar-refractivity contribution < 1.29 is 17.6 Å². The Morgan fingerprint density at radius 3 is 2.35 bits per heavy atom. The Hall–Kier alpha value is -1.51. The molecule has 1 amide bonds. The van der Waals surface area contributed by atoms with Crippen LogP contribution in [0.1, 0.15) is 12.0 Å². The second kappa shape index (κ2) is 7.37. The molecule has 1 saturated heterocycles. The van der Waals surface area contributed by atoms with Crippen LogP contribution in [-0.4, -0.2) is 68.1 Å². The summed E-state index contributed by atoms with van der Waals surface area (Å²) in [6.45, 7) is 1.30. The predicted molar refractivity (Wildman–Crippen MR) is 85.5 cm³/mol. The summed E-state index contributed by atoms with van der Waals surface area (Å²) in [6.07, 6.45) is 0.573. The van der Waals surface area contributed by atoms with E-state index in [1.165, 1.54) is 28.8 Å². The van der Waals surface area contributed by atoms with Crippen LogP contribution in [0.2, 0.25) is 0 Å². The number of nitrogens with zero attached hydrogens (tertiary/aromatic N) is 3. The van der Waals surface area contributed by atoms with Gasteiger partial charge in [-0.05, 0) is 18.1 Å². The Kier molecular flexibility index (Phi) is 5.72. The van der Waals surface area contributed by atoms with Crippen molar-refractivity contribution in [2.75, 3.05) is 40.3 Å². The molecule has 1 aromatic carbocycles. The van der Waals surface area contributed by atoms with Gasteiger partial charge in [0.25, 0.3) is 10.2 Å². The number of aryl methyl sites for hydroxylation is 1. The number of benzene rings is 1. The van der Waals surface area contributed by atoms with Gasteiger partial charge in [0.1, 0.15) is 5.82 Å². The lowest BCUT2D eigenvalue weighted by atomic mass is 10.1. The first-order valence-electron chi connectivity index (χ1n) is 7.51. The van der Waals surface area contributed by atoms with Crippen molar-refractivity contribution in [3.63, 3.8) is 0 Å². The lowest BCUT2D eigenvalue weighted by molar-refractivity contribution is -0.132. The van der Waals surface area contributed by atoms with Crippen LogP contribution >= 0.6 is 0 Å². The third kappa shape index (κ3) is 4.27. The van der Waals surface area contributed by atoms with E-state index < -0.39 is 10.2 Å². The average molecular weight is 343 g/mol. The zero-order chi connectivity index (χ0) is 17.0. The Bertz CT molecular complexity index is 656. The standard InChI is InChI=1S/C15H22FN3O3S/c1-17(2)23(21,22)19-11-9-18(10-12-19)15(20)8-7-13-5-3-4-6-14(13)16/h3-6H,7-12H2,1-2H3. The van der Waals surface area contributed by atoms with E-state index in [1.54, 1.807) is 23.1 Å². The van der Waals surface area contributed by atoms with Gasteiger partial charge in [-0.25, -0.2) is 4.39 Å². The summed E-state index contributed by atoms with van der Waals surface area (Å²) in [4.78, 5) is 13.8. The van der Waals surface area contributed by atoms with Crippen molar-refractivity contribution in [3.8, 4) is 0 Å². The minimum Gasteiger partial charge on any atom is -0.340 e. The van der Waals surface area contributed by atoms with E-state index in [2.05, 4.69) is 0 Å². The topological polar surface area (TPSA) is 60.9 Å². The van der Waals surface area contributed by atoms with Gasteiger partial charge in [0.05, 0.1) is 0 Å². The molecule has 0 bridgehead atoms. The third-order valence-electron chi connectivity index (χ3n) is 3.95. The maximum absolute atomic E-state index is 13.5. The van der Waals surface area contributed by atoms with Crippen molar-refractivity contribution in [2.24, 2.45) is 0 Å². The van der Waals surface area contributed by atoms with Crippen LogP contribution in [0.4, 0.5) is 4.39 Å². The normalized spacial score (nSPS) is 16.8. The first-order valence-corrected chi connectivity index (χ1v) is 8.91. The van der Waals surface area contributed by atoms with Crippen molar-refractivity contribution in [1.29, 1.82) is 0 Å². The van der Waals surface area contributed by atoms with Gasteiger partial charge in [0, 0.05) is 46.7 Å². The molecule has 1 heterocycles. The highest BCUT2D eigenvalue weighted by atomic mass is 32.2. The van der Waals surface area contributed by atoms with Gasteiger partial charge in [-0.3, -0.25) is 4.79 Å². The molecule has 0 atom stereocenters. The minimum atomic E-state index is -3.43. The number of piperazine rings is 1. The Morgan fingerprint density at radius 1 is 1.17 bits per heavy atom. The van der Waals surface area contributed by atoms with Crippen LogP contribution in [0.3, 0.4) is 0 Å². The molecule has 1 aromatic rings. The lowest BCUT2D eigenvalue weighted by Crippen LogP contribution is -2.53. The molecule has 8 heteroatoms. The monoisotopic (exact) mass is 343 g/mol. The summed E-state index contributed by atoms with van der Waals surface area (Å²) in [7, 11) is -0.456. The van der Waals surface area contributed by atoms with Crippen LogP contribution in [0, 0.1) is 5.82 Å². The second-order valence-corrected chi connectivity index (χ2v) is 7.80. The molecule has 0 aromatic heterocycles. The van der Waals surface area contributed by atoms with Crippen LogP contribution < -0.4 is 0 Å². The molecular weight excluding hydrogens is 321 g/mol. The van der Waals surface area contributed by atoms with Crippen molar-refractivity contribution in [3.05, 3.63) is 35.6 Å². The number of rotatable bonds is 5. The molecule has 0 saturated carbocycles. The van der Waals surface area contributed by atoms with Crippen molar-refractivity contribution in [1.82, 2.24) is 13.5 Å². The fourth-order valence-electron chi connectivity index (χ4n) is 2.50. The molecule has 0 radical (unpaired) electrons. The van der Waals surface area contributed by atoms with Gasteiger partial charge in [-0.1, -0.05) is 18.2 Å². The molecule has 2 rings (SSSR count). The zero-order valence-corrected chi connectivity index (χ0v) is 14.2. The minimum absolute atomic E-state index is 0.0739.